The summed E-state index contributed by atoms with van der Waals surface area (Å²) in [5, 5.41) is 10.7. The number of hydrogen-bond acceptors (Lipinski definition) is 12. The van der Waals surface area contributed by atoms with Crippen LogP contribution in [0, 0.1) is 17.8 Å². The van der Waals surface area contributed by atoms with Crippen molar-refractivity contribution in [2.75, 3.05) is 67.4 Å². The third-order valence-electron chi connectivity index (χ3n) is 13.7. The van der Waals surface area contributed by atoms with E-state index in [-0.39, 0.29) is 47.9 Å². The molecule has 1 saturated heterocycles. The zero-order chi connectivity index (χ0) is 52.7. The average Bonchev–Trinajstić information content (AvgIpc) is 3.93. The number of anilines is 1. The Balaban J connectivity index is 1.61. The zero-order valence-corrected chi connectivity index (χ0v) is 43.7. The van der Waals surface area contributed by atoms with Crippen LogP contribution in [0.4, 0.5) is 5.69 Å². The molecule has 2 heterocycles. The van der Waals surface area contributed by atoms with E-state index >= 15 is 0 Å². The Morgan fingerprint density at radius 1 is 0.800 bits per heavy atom. The van der Waals surface area contributed by atoms with Crippen molar-refractivity contribution in [1.29, 1.82) is 0 Å². The lowest BCUT2D eigenvalue weighted by atomic mass is 9.89. The number of carbonyl (C=O) groups is 9. The Morgan fingerprint density at radius 2 is 1.43 bits per heavy atom. The highest BCUT2D eigenvalue weighted by atomic mass is 16.5. The first kappa shape index (κ1) is 58.6. The summed E-state index contributed by atoms with van der Waals surface area (Å²) in [5.41, 5.74) is 1.30. The van der Waals surface area contributed by atoms with Crippen LogP contribution in [-0.4, -0.2) is 188 Å². The molecule has 9 amide bonds. The van der Waals surface area contributed by atoms with E-state index in [4.69, 9.17) is 9.47 Å². The van der Waals surface area contributed by atoms with E-state index in [1.165, 1.54) is 13.8 Å². The summed E-state index contributed by atoms with van der Waals surface area (Å²) in [7, 11) is 10.1. The van der Waals surface area contributed by atoms with Gasteiger partial charge in [0.1, 0.15) is 24.7 Å². The van der Waals surface area contributed by atoms with Crippen molar-refractivity contribution in [2.45, 2.75) is 136 Å². The maximum Gasteiger partial charge on any atom is 0.254 e. The zero-order valence-electron chi connectivity index (χ0n) is 43.7. The van der Waals surface area contributed by atoms with Gasteiger partial charge in [0.25, 0.3) is 11.8 Å². The van der Waals surface area contributed by atoms with Gasteiger partial charge < -0.3 is 45.4 Å². The van der Waals surface area contributed by atoms with E-state index in [1.807, 2.05) is 33.8 Å². The van der Waals surface area contributed by atoms with Crippen molar-refractivity contribution in [2.24, 2.45) is 17.8 Å². The van der Waals surface area contributed by atoms with Gasteiger partial charge in [-0.3, -0.25) is 53.0 Å². The number of amides is 9. The number of rotatable bonds is 26. The van der Waals surface area contributed by atoms with Gasteiger partial charge in [-0.1, -0.05) is 53.2 Å². The second-order valence-corrected chi connectivity index (χ2v) is 19.3. The lowest BCUT2D eigenvalue weighted by molar-refractivity contribution is -0.149. The Hall–Kier alpha value is -5.73. The molecule has 70 heavy (non-hydrogen) atoms. The molecule has 0 radical (unpaired) electrons. The number of nitrogens with one attached hydrogen (secondary N) is 4. The van der Waals surface area contributed by atoms with Crippen molar-refractivity contribution in [3.63, 3.8) is 0 Å². The minimum atomic E-state index is -1.06. The van der Waals surface area contributed by atoms with Crippen LogP contribution in [0.15, 0.2) is 36.4 Å². The first-order valence-electron chi connectivity index (χ1n) is 24.2. The van der Waals surface area contributed by atoms with E-state index in [2.05, 4.69) is 21.3 Å². The van der Waals surface area contributed by atoms with Crippen LogP contribution < -0.4 is 21.3 Å². The van der Waals surface area contributed by atoms with Crippen LogP contribution in [0.2, 0.25) is 0 Å². The molecule has 1 aromatic carbocycles. The second-order valence-electron chi connectivity index (χ2n) is 19.3. The monoisotopic (exact) mass is 982 g/mol. The average molecular weight is 982 g/mol. The molecular formula is C50H79N9O11. The maximum absolute atomic E-state index is 14.3. The first-order valence-corrected chi connectivity index (χ1v) is 24.2. The molecule has 1 fully saturated rings. The number of nitrogens with zero attached hydrogens (tertiary/aromatic N) is 5. The minimum absolute atomic E-state index is 0.00626. The summed E-state index contributed by atoms with van der Waals surface area (Å²) in [5.74, 6) is -4.85. The predicted octanol–water partition coefficient (Wildman–Crippen LogP) is 1.57. The molecule has 0 saturated carbocycles. The number of benzene rings is 1. The smallest absolute Gasteiger partial charge is 0.254 e. The fraction of sp³-hybridized carbons (Fsp3) is 0.660. The van der Waals surface area contributed by atoms with Crippen LogP contribution >= 0.6 is 0 Å². The predicted molar refractivity (Wildman–Crippen MR) is 264 cm³/mol. The molecule has 0 aliphatic carbocycles. The molecule has 2 aliphatic rings. The Kier molecular flexibility index (Phi) is 22.6. The van der Waals surface area contributed by atoms with Gasteiger partial charge in [-0.25, -0.2) is 0 Å². The largest absolute Gasteiger partial charge is 0.379 e. The van der Waals surface area contributed by atoms with Crippen LogP contribution in [0.25, 0.3) is 0 Å². The fourth-order valence-electron chi connectivity index (χ4n) is 8.84. The summed E-state index contributed by atoms with van der Waals surface area (Å²) >= 11 is 0. The second kappa shape index (κ2) is 27.0. The van der Waals surface area contributed by atoms with Crippen molar-refractivity contribution in [3.8, 4) is 0 Å². The number of carbonyl (C=O) groups excluding carboxylic acids is 9. The summed E-state index contributed by atoms with van der Waals surface area (Å²) in [6.45, 7) is 14.6. The minimum Gasteiger partial charge on any atom is -0.379 e. The SMILES string of the molecule is CC[C@H](C)[C@@H]([C@@H](CC(=O)N1CCC[C@H]1[C@H](OC)[C@@H](C)C(=O)N(C)CCc1cccc(NC(=O)[C@H](C)NC(=O)[C@H](C)NC(=O)CN2C(=O)C=CC2=O)c1)OC)N(C)C(=O)[C@@H](NC(=O)[C@H](C)N(C)C)C(C)C. The van der Waals surface area contributed by atoms with Gasteiger partial charge in [0.2, 0.25) is 41.4 Å². The molecule has 390 valence electrons. The third kappa shape index (κ3) is 15.6. The molecule has 1 aromatic rings. The Bertz CT molecular complexity index is 2050. The summed E-state index contributed by atoms with van der Waals surface area (Å²) < 4.78 is 12.0. The van der Waals surface area contributed by atoms with E-state index < -0.39 is 84.4 Å². The molecule has 10 atom stereocenters. The molecule has 3 rings (SSSR count). The van der Waals surface area contributed by atoms with Gasteiger partial charge in [-0.2, -0.15) is 0 Å². The molecule has 0 spiro atoms. The summed E-state index contributed by atoms with van der Waals surface area (Å²) in [6, 6.07) is 2.95. The van der Waals surface area contributed by atoms with Gasteiger partial charge in [-0.05, 0) is 83.7 Å². The van der Waals surface area contributed by atoms with Crippen molar-refractivity contribution >= 4 is 58.9 Å². The Morgan fingerprint density at radius 3 is 2.00 bits per heavy atom. The van der Waals surface area contributed by atoms with Crippen molar-refractivity contribution in [1.82, 2.24) is 40.4 Å². The molecular weight excluding hydrogens is 903 g/mol. The van der Waals surface area contributed by atoms with Gasteiger partial charge in [0, 0.05) is 59.2 Å². The lowest BCUT2D eigenvalue weighted by Gasteiger charge is -2.41. The number of likely N-dealkylation sites (N-methyl/N-ethyl adjacent to an activating group) is 3. The number of ether oxygens (including phenoxy) is 2. The number of likely N-dealkylation sites (tertiary alicyclic amines) is 1. The summed E-state index contributed by atoms with van der Waals surface area (Å²) in [4.78, 5) is 125. The quantitative estimate of drug-likeness (QED) is 0.0969. The van der Waals surface area contributed by atoms with Gasteiger partial charge in [0.15, 0.2) is 0 Å². The van der Waals surface area contributed by atoms with Crippen LogP contribution in [0.1, 0.15) is 86.6 Å². The van der Waals surface area contributed by atoms with Crippen molar-refractivity contribution < 1.29 is 52.6 Å². The van der Waals surface area contributed by atoms with Gasteiger partial charge >= 0.3 is 0 Å². The molecule has 0 bridgehead atoms. The molecule has 20 nitrogen and oxygen atoms in total. The highest BCUT2D eigenvalue weighted by molar-refractivity contribution is 6.14. The number of hydrogen-bond donors (Lipinski definition) is 4. The number of imide groups is 1. The Labute approximate surface area is 413 Å². The normalized spacial score (nSPS) is 18.6. The topological polar surface area (TPSA) is 236 Å². The van der Waals surface area contributed by atoms with Crippen LogP contribution in [-0.2, 0) is 59.0 Å². The van der Waals surface area contributed by atoms with Gasteiger partial charge in [-0.15, -0.1) is 0 Å². The highest BCUT2D eigenvalue weighted by Crippen LogP contribution is 2.30. The summed E-state index contributed by atoms with van der Waals surface area (Å²) in [6.07, 6.45) is 3.35. The molecule has 0 aromatic heterocycles. The van der Waals surface area contributed by atoms with Gasteiger partial charge in [0.05, 0.1) is 42.7 Å². The lowest BCUT2D eigenvalue weighted by Crippen LogP contribution is -2.59. The van der Waals surface area contributed by atoms with E-state index in [0.29, 0.717) is 38.0 Å². The molecule has 4 N–H and O–H groups in total. The van der Waals surface area contributed by atoms with E-state index in [0.717, 1.165) is 29.0 Å². The third-order valence-corrected chi connectivity index (χ3v) is 13.7. The molecule has 2 aliphatic heterocycles. The molecule has 20 heteroatoms. The van der Waals surface area contributed by atoms with Crippen LogP contribution in [0.5, 0.6) is 0 Å². The van der Waals surface area contributed by atoms with Crippen molar-refractivity contribution in [3.05, 3.63) is 42.0 Å². The maximum atomic E-state index is 14.3. The first-order chi connectivity index (χ1) is 32.9. The standard InChI is InChI=1S/C50H79N9O11/c1-15-30(4)44(57(12)50(68)43(29(2)3)54-48(66)34(8)55(9)10)38(69-13)27-42(63)58-24-17-20-37(58)45(70-14)31(5)49(67)56(11)25-23-35-18-16-19-36(26-35)53-47(65)33(7)52-46(64)32(6)51-39(60)28-59-40(61)21-22-41(59)62/h16,18-19,21-22,26,29-34,37-38,43-45H,15,17,20,23-25,27-28H2,1-14H3,(H,51,60)(H,52,64)(H,53,65)(H,54,66)/t30-,31+,32-,33-,34-,37-,38+,43-,44-,45+/m0/s1. The number of methoxy groups -OCH3 is 2. The fourth-order valence-corrected chi connectivity index (χ4v) is 8.84. The molecule has 0 unspecified atom stereocenters. The van der Waals surface area contributed by atoms with Crippen LogP contribution in [0.3, 0.4) is 0 Å². The highest BCUT2D eigenvalue weighted by Gasteiger charge is 2.43. The van der Waals surface area contributed by atoms with E-state index in [9.17, 15) is 43.2 Å². The van der Waals surface area contributed by atoms with E-state index in [1.54, 1.807) is 94.1 Å².